The first-order valence-electron chi connectivity index (χ1n) is 6.95. The van der Waals surface area contributed by atoms with Crippen LogP contribution in [0.5, 0.6) is 0 Å². The molecular weight excluding hydrogens is 272 g/mol. The summed E-state index contributed by atoms with van der Waals surface area (Å²) in [4.78, 5) is 27.6. The Morgan fingerprint density at radius 1 is 1.33 bits per heavy atom. The number of carbonyl (C=O) groups excluding carboxylic acids is 1. The van der Waals surface area contributed by atoms with Gasteiger partial charge in [-0.05, 0) is 25.5 Å². The lowest BCUT2D eigenvalue weighted by atomic mass is 10.2. The molecule has 1 aromatic carbocycles. The smallest absolute Gasteiger partial charge is 0.337 e. The van der Waals surface area contributed by atoms with Gasteiger partial charge < -0.3 is 14.4 Å². The van der Waals surface area contributed by atoms with Gasteiger partial charge in [-0.3, -0.25) is 4.79 Å². The summed E-state index contributed by atoms with van der Waals surface area (Å²) >= 11 is 0. The molecular formula is C15H18N2O4. The Bertz CT molecular complexity index is 676. The molecule has 6 heteroatoms. The summed E-state index contributed by atoms with van der Waals surface area (Å²) in [5.41, 5.74) is 1.20. The van der Waals surface area contributed by atoms with Gasteiger partial charge in [0.05, 0.1) is 23.2 Å². The van der Waals surface area contributed by atoms with Crippen molar-refractivity contribution >= 4 is 23.0 Å². The van der Waals surface area contributed by atoms with E-state index in [0.717, 1.165) is 6.42 Å². The van der Waals surface area contributed by atoms with Crippen LogP contribution in [0, 0.1) is 0 Å². The molecule has 0 aliphatic heterocycles. The number of carboxylic acid groups (broad SMARTS) is 1. The minimum Gasteiger partial charge on any atom is -0.478 e. The molecule has 2 rings (SSSR count). The van der Waals surface area contributed by atoms with Crippen molar-refractivity contribution in [1.29, 1.82) is 0 Å². The number of rotatable bonds is 6. The Morgan fingerprint density at radius 2 is 2.10 bits per heavy atom. The van der Waals surface area contributed by atoms with E-state index in [1.807, 2.05) is 6.92 Å². The van der Waals surface area contributed by atoms with E-state index in [1.165, 1.54) is 6.07 Å². The van der Waals surface area contributed by atoms with Crippen LogP contribution in [0.25, 0.3) is 11.0 Å². The number of benzene rings is 1. The molecule has 0 aliphatic rings. The molecule has 1 aromatic heterocycles. The molecule has 0 amide bonds. The second-order valence-electron chi connectivity index (χ2n) is 4.65. The number of hydrogen-bond acceptors (Lipinski definition) is 4. The van der Waals surface area contributed by atoms with E-state index in [2.05, 4.69) is 4.98 Å². The number of carbonyl (C=O) groups is 2. The van der Waals surface area contributed by atoms with E-state index in [9.17, 15) is 14.7 Å². The van der Waals surface area contributed by atoms with Crippen LogP contribution in [0.1, 0.15) is 36.5 Å². The fourth-order valence-corrected chi connectivity index (χ4v) is 2.33. The Balaban J connectivity index is 2.59. The average molecular weight is 290 g/mol. The van der Waals surface area contributed by atoms with E-state index < -0.39 is 11.9 Å². The number of carboxylic acids is 1. The molecule has 0 bridgehead atoms. The maximum absolute atomic E-state index is 11.8. The highest BCUT2D eigenvalue weighted by atomic mass is 16.5. The number of aromatic nitrogens is 2. The van der Waals surface area contributed by atoms with Gasteiger partial charge >= 0.3 is 11.9 Å². The van der Waals surface area contributed by atoms with Gasteiger partial charge in [0.25, 0.3) is 0 Å². The summed E-state index contributed by atoms with van der Waals surface area (Å²) in [5, 5.41) is 9.33. The minimum atomic E-state index is -1.03. The van der Waals surface area contributed by atoms with Gasteiger partial charge in [0.1, 0.15) is 12.4 Å². The van der Waals surface area contributed by atoms with Gasteiger partial charge in [0, 0.05) is 6.42 Å². The molecule has 6 nitrogen and oxygen atoms in total. The lowest BCUT2D eigenvalue weighted by Gasteiger charge is -2.09. The molecule has 0 saturated heterocycles. The van der Waals surface area contributed by atoms with Crippen molar-refractivity contribution < 1.29 is 19.4 Å². The van der Waals surface area contributed by atoms with Crippen molar-refractivity contribution in [1.82, 2.24) is 9.55 Å². The van der Waals surface area contributed by atoms with E-state index in [-0.39, 0.29) is 12.1 Å². The predicted molar refractivity (Wildman–Crippen MR) is 77.3 cm³/mol. The van der Waals surface area contributed by atoms with Crippen molar-refractivity contribution in [3.05, 3.63) is 29.6 Å². The minimum absolute atomic E-state index is 0.0238. The third-order valence-corrected chi connectivity index (χ3v) is 3.14. The zero-order valence-electron chi connectivity index (χ0n) is 12.1. The number of aryl methyl sites for hydroxylation is 1. The monoisotopic (exact) mass is 290 g/mol. The molecule has 1 heterocycles. The predicted octanol–water partition coefficient (Wildman–Crippen LogP) is 2.25. The number of ether oxygens (including phenoxy) is 1. The number of esters is 1. The van der Waals surface area contributed by atoms with Crippen LogP contribution in [0.15, 0.2) is 18.2 Å². The molecule has 0 radical (unpaired) electrons. The summed E-state index contributed by atoms with van der Waals surface area (Å²) in [7, 11) is 0. The zero-order chi connectivity index (χ0) is 15.4. The topological polar surface area (TPSA) is 81.4 Å². The molecule has 0 atom stereocenters. The van der Waals surface area contributed by atoms with Gasteiger partial charge in [0.15, 0.2) is 0 Å². The fourth-order valence-electron chi connectivity index (χ4n) is 2.33. The number of nitrogens with zero attached hydrogens (tertiary/aromatic N) is 2. The van der Waals surface area contributed by atoms with Gasteiger partial charge in [-0.1, -0.05) is 13.0 Å². The van der Waals surface area contributed by atoms with E-state index in [4.69, 9.17) is 4.74 Å². The van der Waals surface area contributed by atoms with Crippen LogP contribution in [0.4, 0.5) is 0 Å². The quantitative estimate of drug-likeness (QED) is 0.825. The molecule has 1 N–H and O–H groups in total. The Kier molecular flexibility index (Phi) is 4.57. The maximum atomic E-state index is 11.8. The van der Waals surface area contributed by atoms with E-state index in [1.54, 1.807) is 23.6 Å². The lowest BCUT2D eigenvalue weighted by molar-refractivity contribution is -0.143. The van der Waals surface area contributed by atoms with Gasteiger partial charge in [-0.15, -0.1) is 0 Å². The molecule has 112 valence electrons. The van der Waals surface area contributed by atoms with Crippen LogP contribution in [0.2, 0.25) is 0 Å². The SMILES string of the molecule is CCCc1nc2cccc(C(=O)O)c2n1CC(=O)OCC. The van der Waals surface area contributed by atoms with Crippen molar-refractivity contribution in [3.8, 4) is 0 Å². The van der Waals surface area contributed by atoms with Crippen molar-refractivity contribution in [2.24, 2.45) is 0 Å². The Labute approximate surface area is 122 Å². The number of fused-ring (bicyclic) bond motifs is 1. The average Bonchev–Trinajstić information content (AvgIpc) is 2.77. The molecule has 0 fully saturated rings. The highest BCUT2D eigenvalue weighted by Crippen LogP contribution is 2.22. The fraction of sp³-hybridized carbons (Fsp3) is 0.400. The van der Waals surface area contributed by atoms with E-state index >= 15 is 0 Å². The summed E-state index contributed by atoms with van der Waals surface area (Å²) in [6, 6.07) is 4.93. The van der Waals surface area contributed by atoms with Gasteiger partial charge in [-0.2, -0.15) is 0 Å². The Morgan fingerprint density at radius 3 is 2.71 bits per heavy atom. The third-order valence-electron chi connectivity index (χ3n) is 3.14. The second-order valence-corrected chi connectivity index (χ2v) is 4.65. The van der Waals surface area contributed by atoms with Crippen LogP contribution < -0.4 is 0 Å². The summed E-state index contributed by atoms with van der Waals surface area (Å²) in [5.74, 6) is -0.725. The Hall–Kier alpha value is -2.37. The van der Waals surface area contributed by atoms with Gasteiger partial charge in [-0.25, -0.2) is 9.78 Å². The lowest BCUT2D eigenvalue weighted by Crippen LogP contribution is -2.16. The van der Waals surface area contributed by atoms with Crippen LogP contribution in [-0.4, -0.2) is 33.2 Å². The molecule has 2 aromatic rings. The third kappa shape index (κ3) is 3.04. The number of hydrogen-bond donors (Lipinski definition) is 1. The molecule has 0 unspecified atom stereocenters. The second kappa shape index (κ2) is 6.39. The van der Waals surface area contributed by atoms with Crippen molar-refractivity contribution in [2.45, 2.75) is 33.2 Å². The van der Waals surface area contributed by atoms with Gasteiger partial charge in [0.2, 0.25) is 0 Å². The van der Waals surface area contributed by atoms with E-state index in [0.29, 0.717) is 29.9 Å². The highest BCUT2D eigenvalue weighted by molar-refractivity contribution is 6.01. The standard InChI is InChI=1S/C15H18N2O4/c1-3-6-12-16-11-8-5-7-10(15(19)20)14(11)17(12)9-13(18)21-4-2/h5,7-8H,3-4,6,9H2,1-2H3,(H,19,20). The summed E-state index contributed by atoms with van der Waals surface area (Å²) in [6.07, 6.45) is 1.53. The van der Waals surface area contributed by atoms with Crippen LogP contribution in [0.3, 0.4) is 0 Å². The molecule has 0 saturated carbocycles. The molecule has 0 aliphatic carbocycles. The molecule has 0 spiro atoms. The van der Waals surface area contributed by atoms with Crippen molar-refractivity contribution in [3.63, 3.8) is 0 Å². The highest BCUT2D eigenvalue weighted by Gasteiger charge is 2.19. The van der Waals surface area contributed by atoms with Crippen LogP contribution in [-0.2, 0) is 22.5 Å². The van der Waals surface area contributed by atoms with Crippen LogP contribution >= 0.6 is 0 Å². The normalized spacial score (nSPS) is 10.8. The maximum Gasteiger partial charge on any atom is 0.337 e. The zero-order valence-corrected chi connectivity index (χ0v) is 12.1. The number of para-hydroxylation sites is 1. The number of aromatic carboxylic acids is 1. The summed E-state index contributed by atoms with van der Waals surface area (Å²) < 4.78 is 6.62. The molecule has 21 heavy (non-hydrogen) atoms. The first kappa shape index (κ1) is 15.0. The number of imidazole rings is 1. The largest absolute Gasteiger partial charge is 0.478 e. The first-order chi connectivity index (χ1) is 10.1. The summed E-state index contributed by atoms with van der Waals surface area (Å²) in [6.45, 7) is 4.01. The first-order valence-corrected chi connectivity index (χ1v) is 6.95. The van der Waals surface area contributed by atoms with Crippen molar-refractivity contribution in [2.75, 3.05) is 6.61 Å².